The van der Waals surface area contributed by atoms with Gasteiger partial charge < -0.3 is 9.47 Å². The third kappa shape index (κ3) is 2.94. The van der Waals surface area contributed by atoms with Gasteiger partial charge in [-0.3, -0.25) is 4.79 Å². The Hall–Kier alpha value is -1.84. The van der Waals surface area contributed by atoms with Crippen molar-refractivity contribution >= 4 is 11.9 Å². The van der Waals surface area contributed by atoms with E-state index in [-0.39, 0.29) is 30.6 Å². The highest BCUT2D eigenvalue weighted by atomic mass is 16.6. The average molecular weight is 328 g/mol. The van der Waals surface area contributed by atoms with Gasteiger partial charge in [-0.15, -0.1) is 0 Å². The number of rotatable bonds is 5. The number of carbonyl (C=O) groups is 2. The van der Waals surface area contributed by atoms with Crippen LogP contribution >= 0.6 is 0 Å². The fourth-order valence-corrected chi connectivity index (χ4v) is 5.44. The molecule has 4 heteroatoms. The van der Waals surface area contributed by atoms with Crippen LogP contribution < -0.4 is 0 Å². The number of hydrogen-bond acceptors (Lipinski definition) is 4. The van der Waals surface area contributed by atoms with Crippen molar-refractivity contribution in [3.8, 4) is 0 Å². The zero-order valence-corrected chi connectivity index (χ0v) is 13.9. The maximum atomic E-state index is 12.6. The molecule has 0 unspecified atom stereocenters. The molecular weight excluding hydrogens is 304 g/mol. The largest absolute Gasteiger partial charge is 0.462 e. The van der Waals surface area contributed by atoms with Crippen molar-refractivity contribution in [1.82, 2.24) is 0 Å². The predicted molar refractivity (Wildman–Crippen MR) is 88.3 cm³/mol. The minimum Gasteiger partial charge on any atom is -0.462 e. The molecule has 0 spiro atoms. The summed E-state index contributed by atoms with van der Waals surface area (Å²) in [6.45, 7) is 0.269. The second kappa shape index (κ2) is 6.23. The number of carbonyl (C=O) groups excluding carboxylic acids is 2. The zero-order chi connectivity index (χ0) is 16.6. The zero-order valence-electron chi connectivity index (χ0n) is 13.9. The summed E-state index contributed by atoms with van der Waals surface area (Å²) in [6, 6.07) is 8.87. The van der Waals surface area contributed by atoms with Crippen LogP contribution in [-0.2, 0) is 14.3 Å². The lowest BCUT2D eigenvalue weighted by Gasteiger charge is -2.55. The molecule has 4 nitrogen and oxygen atoms in total. The third-order valence-corrected chi connectivity index (χ3v) is 6.03. The Morgan fingerprint density at radius 1 is 0.875 bits per heavy atom. The molecule has 24 heavy (non-hydrogen) atoms. The molecule has 0 radical (unpaired) electrons. The fraction of sp³-hybridized carbons (Fsp3) is 0.600. The summed E-state index contributed by atoms with van der Waals surface area (Å²) < 4.78 is 10.7. The summed E-state index contributed by atoms with van der Waals surface area (Å²) in [5.41, 5.74) is 0.281. The van der Waals surface area contributed by atoms with Gasteiger partial charge in [0.1, 0.15) is 13.2 Å². The molecule has 5 rings (SSSR count). The third-order valence-electron chi connectivity index (χ3n) is 6.03. The molecule has 0 aromatic heterocycles. The molecule has 4 aliphatic carbocycles. The van der Waals surface area contributed by atoms with Crippen molar-refractivity contribution < 1.29 is 19.1 Å². The predicted octanol–water partition coefficient (Wildman–Crippen LogP) is 3.60. The van der Waals surface area contributed by atoms with Crippen LogP contribution in [0.1, 0.15) is 48.9 Å². The molecule has 4 saturated carbocycles. The molecule has 1 aromatic carbocycles. The van der Waals surface area contributed by atoms with Gasteiger partial charge in [-0.2, -0.15) is 0 Å². The number of esters is 2. The van der Waals surface area contributed by atoms with Crippen molar-refractivity contribution in [2.75, 3.05) is 13.2 Å². The molecule has 4 fully saturated rings. The standard InChI is InChI=1S/C20H24O4/c21-18(17-4-2-1-3-5-17)23-6-7-24-19(22)20-11-14-8-15(12-20)10-16(9-14)13-20/h1-5,14-16H,6-13H2. The van der Waals surface area contributed by atoms with E-state index >= 15 is 0 Å². The summed E-state index contributed by atoms with van der Waals surface area (Å²) in [7, 11) is 0. The molecule has 4 bridgehead atoms. The highest BCUT2D eigenvalue weighted by Gasteiger charge is 2.55. The van der Waals surface area contributed by atoms with Gasteiger partial charge in [0.2, 0.25) is 0 Å². The van der Waals surface area contributed by atoms with Crippen molar-refractivity contribution in [1.29, 1.82) is 0 Å². The van der Waals surface area contributed by atoms with Crippen LogP contribution in [0.25, 0.3) is 0 Å². The van der Waals surface area contributed by atoms with Crippen molar-refractivity contribution in [2.45, 2.75) is 38.5 Å². The molecule has 0 atom stereocenters. The molecule has 0 aliphatic heterocycles. The van der Waals surface area contributed by atoms with E-state index < -0.39 is 0 Å². The average Bonchev–Trinajstić information content (AvgIpc) is 2.58. The highest BCUT2D eigenvalue weighted by molar-refractivity contribution is 5.89. The van der Waals surface area contributed by atoms with E-state index in [1.54, 1.807) is 24.3 Å². The van der Waals surface area contributed by atoms with Crippen molar-refractivity contribution in [3.05, 3.63) is 35.9 Å². The Labute approximate surface area is 142 Å². The van der Waals surface area contributed by atoms with Crippen LogP contribution in [0.15, 0.2) is 30.3 Å². The Morgan fingerprint density at radius 2 is 1.42 bits per heavy atom. The lowest BCUT2D eigenvalue weighted by atomic mass is 9.49. The number of benzene rings is 1. The van der Waals surface area contributed by atoms with Gasteiger partial charge in [0.25, 0.3) is 0 Å². The van der Waals surface area contributed by atoms with Crippen LogP contribution in [0.3, 0.4) is 0 Å². The summed E-state index contributed by atoms with van der Waals surface area (Å²) in [4.78, 5) is 24.5. The van der Waals surface area contributed by atoms with Gasteiger partial charge in [0, 0.05) is 0 Å². The summed E-state index contributed by atoms with van der Waals surface area (Å²) >= 11 is 0. The lowest BCUT2D eigenvalue weighted by Crippen LogP contribution is -2.50. The van der Waals surface area contributed by atoms with E-state index in [4.69, 9.17) is 9.47 Å². The van der Waals surface area contributed by atoms with E-state index in [0.29, 0.717) is 5.56 Å². The second-order valence-corrected chi connectivity index (χ2v) is 7.84. The monoisotopic (exact) mass is 328 g/mol. The van der Waals surface area contributed by atoms with Crippen LogP contribution in [0.5, 0.6) is 0 Å². The first-order valence-corrected chi connectivity index (χ1v) is 9.04. The van der Waals surface area contributed by atoms with Crippen LogP contribution in [0.4, 0.5) is 0 Å². The van der Waals surface area contributed by atoms with E-state index in [1.165, 1.54) is 19.3 Å². The summed E-state index contributed by atoms with van der Waals surface area (Å²) in [5.74, 6) is 1.73. The molecule has 0 saturated heterocycles. The van der Waals surface area contributed by atoms with E-state index in [0.717, 1.165) is 37.0 Å². The maximum absolute atomic E-state index is 12.6. The fourth-order valence-electron chi connectivity index (χ4n) is 5.44. The topological polar surface area (TPSA) is 52.6 Å². The van der Waals surface area contributed by atoms with Crippen LogP contribution in [0, 0.1) is 23.2 Å². The highest BCUT2D eigenvalue weighted by Crippen LogP contribution is 2.60. The van der Waals surface area contributed by atoms with E-state index in [9.17, 15) is 9.59 Å². The lowest BCUT2D eigenvalue weighted by molar-refractivity contribution is -0.172. The van der Waals surface area contributed by atoms with Crippen molar-refractivity contribution in [2.24, 2.45) is 23.2 Å². The summed E-state index contributed by atoms with van der Waals surface area (Å²) in [5, 5.41) is 0. The normalized spacial score (nSPS) is 33.2. The number of hydrogen-bond donors (Lipinski definition) is 0. The van der Waals surface area contributed by atoms with Gasteiger partial charge in [0.15, 0.2) is 0 Å². The van der Waals surface area contributed by atoms with Gasteiger partial charge in [-0.1, -0.05) is 18.2 Å². The SMILES string of the molecule is O=C(OCCOC(=O)C12CC3CC(CC(C3)C1)C2)c1ccccc1. The smallest absolute Gasteiger partial charge is 0.338 e. The van der Waals surface area contributed by atoms with Crippen LogP contribution in [-0.4, -0.2) is 25.2 Å². The van der Waals surface area contributed by atoms with Gasteiger partial charge in [0.05, 0.1) is 11.0 Å². The molecular formula is C20H24O4. The Kier molecular flexibility index (Phi) is 4.07. The van der Waals surface area contributed by atoms with Gasteiger partial charge >= 0.3 is 11.9 Å². The second-order valence-electron chi connectivity index (χ2n) is 7.84. The molecule has 0 N–H and O–H groups in total. The van der Waals surface area contributed by atoms with Gasteiger partial charge in [-0.05, 0) is 68.4 Å². The van der Waals surface area contributed by atoms with Crippen molar-refractivity contribution in [3.63, 3.8) is 0 Å². The van der Waals surface area contributed by atoms with Crippen LogP contribution in [0.2, 0.25) is 0 Å². The summed E-state index contributed by atoms with van der Waals surface area (Å²) in [6.07, 6.45) is 6.93. The quantitative estimate of drug-likeness (QED) is 0.612. The molecule has 0 amide bonds. The first-order chi connectivity index (χ1) is 11.6. The Morgan fingerprint density at radius 3 is 2.00 bits per heavy atom. The first kappa shape index (κ1) is 15.7. The Balaban J connectivity index is 1.26. The minimum atomic E-state index is -0.374. The molecule has 4 aliphatic rings. The molecule has 128 valence electrons. The van der Waals surface area contributed by atoms with E-state index in [2.05, 4.69) is 0 Å². The number of ether oxygens (including phenoxy) is 2. The first-order valence-electron chi connectivity index (χ1n) is 9.04. The van der Waals surface area contributed by atoms with E-state index in [1.807, 2.05) is 6.07 Å². The van der Waals surface area contributed by atoms with Gasteiger partial charge in [-0.25, -0.2) is 4.79 Å². The Bertz CT molecular complexity index is 587. The minimum absolute atomic E-state index is 0.0580. The molecule has 0 heterocycles. The maximum Gasteiger partial charge on any atom is 0.338 e. The molecule has 1 aromatic rings.